The zero-order valence-corrected chi connectivity index (χ0v) is 15.6. The van der Waals surface area contributed by atoms with E-state index in [1.54, 1.807) is 38.1 Å². The second-order valence-electron chi connectivity index (χ2n) is 5.90. The van der Waals surface area contributed by atoms with E-state index < -0.39 is 11.9 Å². The van der Waals surface area contributed by atoms with Crippen molar-refractivity contribution in [3.8, 4) is 11.5 Å². The summed E-state index contributed by atoms with van der Waals surface area (Å²) in [6, 6.07) is 16.4. The molecule has 3 rings (SSSR count). The maximum Gasteiger partial charge on any atom is 0.234 e. The molecule has 1 aromatic heterocycles. The van der Waals surface area contributed by atoms with E-state index in [9.17, 15) is 14.7 Å². The highest BCUT2D eigenvalue weighted by atomic mass is 32.1. The van der Waals surface area contributed by atoms with Gasteiger partial charge in [-0.15, -0.1) is 11.3 Å². The molecule has 0 bridgehead atoms. The molecule has 1 N–H and O–H groups in total. The first-order valence-corrected chi connectivity index (χ1v) is 9.08. The number of hydrogen-bond donors (Lipinski definition) is 1. The Labute approximate surface area is 160 Å². The van der Waals surface area contributed by atoms with E-state index in [-0.39, 0.29) is 10.8 Å². The van der Waals surface area contributed by atoms with Crippen LogP contribution in [0.2, 0.25) is 0 Å². The molecule has 3 aromatic rings. The number of carboxylic acids is 1. The Kier molecular flexibility index (Phi) is 5.52. The first-order chi connectivity index (χ1) is 12.9. The average Bonchev–Trinajstić information content (AvgIpc) is 3.05. The van der Waals surface area contributed by atoms with Crippen molar-refractivity contribution < 1.29 is 19.4 Å². The summed E-state index contributed by atoms with van der Waals surface area (Å²) in [5, 5.41) is 14.3. The largest absolute Gasteiger partial charge is 0.544 e. The fourth-order valence-corrected chi connectivity index (χ4v) is 3.34. The predicted molar refractivity (Wildman–Crippen MR) is 101 cm³/mol. The van der Waals surface area contributed by atoms with Gasteiger partial charge in [0.05, 0.1) is 22.5 Å². The lowest BCUT2D eigenvalue weighted by molar-refractivity contribution is -0.254. The zero-order valence-electron chi connectivity index (χ0n) is 14.8. The number of amides is 1. The van der Waals surface area contributed by atoms with Crippen LogP contribution in [0.4, 0.5) is 5.69 Å². The van der Waals surface area contributed by atoms with Crippen molar-refractivity contribution in [2.45, 2.75) is 19.8 Å². The summed E-state index contributed by atoms with van der Waals surface area (Å²) in [5.41, 5.74) is 0.970. The molecule has 7 heteroatoms. The Morgan fingerprint density at radius 3 is 2.30 bits per heavy atom. The van der Waals surface area contributed by atoms with Gasteiger partial charge in [0.25, 0.3) is 0 Å². The molecule has 1 heterocycles. The van der Waals surface area contributed by atoms with Gasteiger partial charge in [0.2, 0.25) is 5.91 Å². The van der Waals surface area contributed by atoms with Crippen LogP contribution < -0.4 is 15.2 Å². The lowest BCUT2D eigenvalue weighted by Crippen LogP contribution is -2.21. The smallest absolute Gasteiger partial charge is 0.234 e. The minimum absolute atomic E-state index is 0.0482. The summed E-state index contributed by atoms with van der Waals surface area (Å²) in [6.07, 6.45) is 0. The molecular weight excluding hydrogens is 364 g/mol. The highest BCUT2D eigenvalue weighted by molar-refractivity contribution is 7.13. The highest BCUT2D eigenvalue weighted by Crippen LogP contribution is 2.27. The van der Waals surface area contributed by atoms with Gasteiger partial charge in [0.15, 0.2) is 0 Å². The van der Waals surface area contributed by atoms with Crippen molar-refractivity contribution in [2.75, 3.05) is 5.32 Å². The predicted octanol–water partition coefficient (Wildman–Crippen LogP) is 3.35. The van der Waals surface area contributed by atoms with Crippen molar-refractivity contribution in [3.05, 3.63) is 70.2 Å². The second kappa shape index (κ2) is 8.01. The van der Waals surface area contributed by atoms with Gasteiger partial charge < -0.3 is 20.0 Å². The number of nitrogens with zero attached hydrogens (tertiary/aromatic N) is 1. The number of aryl methyl sites for hydroxylation is 1. The third kappa shape index (κ3) is 4.51. The van der Waals surface area contributed by atoms with Crippen LogP contribution in [0.25, 0.3) is 0 Å². The fourth-order valence-electron chi connectivity index (χ4n) is 2.39. The Hall–Kier alpha value is -3.19. The van der Waals surface area contributed by atoms with Gasteiger partial charge in [-0.05, 0) is 50.2 Å². The van der Waals surface area contributed by atoms with E-state index in [4.69, 9.17) is 4.74 Å². The first kappa shape index (κ1) is 18.6. The minimum Gasteiger partial charge on any atom is -0.544 e. The van der Waals surface area contributed by atoms with Gasteiger partial charge in [-0.1, -0.05) is 18.2 Å². The molecule has 0 aliphatic rings. The molecule has 0 unspecified atom stereocenters. The first-order valence-electron chi connectivity index (χ1n) is 8.26. The van der Waals surface area contributed by atoms with Crippen LogP contribution in [0.1, 0.15) is 33.2 Å². The van der Waals surface area contributed by atoms with Gasteiger partial charge in [0, 0.05) is 5.69 Å². The van der Waals surface area contributed by atoms with Crippen molar-refractivity contribution in [3.63, 3.8) is 0 Å². The molecule has 2 aromatic carbocycles. The summed E-state index contributed by atoms with van der Waals surface area (Å²) in [7, 11) is 0. The molecule has 6 nitrogen and oxygen atoms in total. The van der Waals surface area contributed by atoms with Crippen molar-refractivity contribution in [2.24, 2.45) is 0 Å². The molecule has 0 aliphatic heterocycles. The van der Waals surface area contributed by atoms with E-state index in [1.807, 2.05) is 30.3 Å². The molecule has 0 spiro atoms. The van der Waals surface area contributed by atoms with Crippen molar-refractivity contribution in [1.82, 2.24) is 4.98 Å². The molecule has 1 amide bonds. The van der Waals surface area contributed by atoms with E-state index in [0.29, 0.717) is 22.1 Å². The van der Waals surface area contributed by atoms with Crippen LogP contribution in [-0.2, 0) is 4.79 Å². The normalized spacial score (nSPS) is 11.6. The van der Waals surface area contributed by atoms with Gasteiger partial charge in [-0.3, -0.25) is 4.79 Å². The summed E-state index contributed by atoms with van der Waals surface area (Å²) < 4.78 is 5.71. The molecule has 27 heavy (non-hydrogen) atoms. The number of benzene rings is 2. The van der Waals surface area contributed by atoms with Crippen LogP contribution in [0.5, 0.6) is 11.5 Å². The minimum atomic E-state index is -1.28. The third-order valence-electron chi connectivity index (χ3n) is 3.86. The number of aromatic carboxylic acids is 1. The van der Waals surface area contributed by atoms with E-state index in [2.05, 4.69) is 10.3 Å². The lowest BCUT2D eigenvalue weighted by atomic mass is 10.1. The number of para-hydroxylation sites is 1. The number of ether oxygens (including phenoxy) is 1. The van der Waals surface area contributed by atoms with Gasteiger partial charge in [-0.25, -0.2) is 4.98 Å². The third-order valence-corrected chi connectivity index (χ3v) is 5.18. The number of hydrogen-bond acceptors (Lipinski definition) is 6. The molecule has 138 valence electrons. The van der Waals surface area contributed by atoms with E-state index >= 15 is 0 Å². The molecular formula is C20H17N2O4S-. The standard InChI is InChI=1S/C20H18N2O4S/c1-12(19-21-13(2)17(27-19)20(24)25)18(23)22-14-8-10-16(11-9-14)26-15-6-4-3-5-7-15/h3-12H,1-2H3,(H,22,23)(H,24,25)/p-1/t12-/m1/s1. The van der Waals surface area contributed by atoms with Gasteiger partial charge in [-0.2, -0.15) is 0 Å². The molecule has 0 radical (unpaired) electrons. The van der Waals surface area contributed by atoms with Crippen molar-refractivity contribution in [1.29, 1.82) is 0 Å². The fraction of sp³-hybridized carbons (Fsp3) is 0.150. The van der Waals surface area contributed by atoms with Gasteiger partial charge >= 0.3 is 0 Å². The Morgan fingerprint density at radius 1 is 1.07 bits per heavy atom. The molecule has 0 saturated carbocycles. The zero-order chi connectivity index (χ0) is 19.4. The SMILES string of the molecule is Cc1nc([C@H](C)C(=O)Nc2ccc(Oc3ccccc3)cc2)sc1C(=O)[O-]. The number of carboxylic acid groups (broad SMARTS) is 1. The molecule has 0 fully saturated rings. The van der Waals surface area contributed by atoms with Crippen LogP contribution in [0, 0.1) is 6.92 Å². The molecule has 0 aliphatic carbocycles. The molecule has 0 saturated heterocycles. The van der Waals surface area contributed by atoms with E-state index in [1.165, 1.54) is 0 Å². The Bertz CT molecular complexity index is 952. The van der Waals surface area contributed by atoms with Crippen LogP contribution in [0.3, 0.4) is 0 Å². The maximum absolute atomic E-state index is 12.4. The summed E-state index contributed by atoms with van der Waals surface area (Å²) in [4.78, 5) is 27.7. The Morgan fingerprint density at radius 2 is 1.70 bits per heavy atom. The number of aromatic nitrogens is 1. The summed E-state index contributed by atoms with van der Waals surface area (Å²) in [5.74, 6) is -0.752. The number of carbonyl (C=O) groups is 2. The lowest BCUT2D eigenvalue weighted by Gasteiger charge is -2.11. The van der Waals surface area contributed by atoms with Crippen LogP contribution in [-0.4, -0.2) is 16.9 Å². The average molecular weight is 381 g/mol. The number of nitrogens with one attached hydrogen (secondary N) is 1. The second-order valence-corrected chi connectivity index (χ2v) is 6.94. The topological polar surface area (TPSA) is 91.3 Å². The quantitative estimate of drug-likeness (QED) is 0.707. The summed E-state index contributed by atoms with van der Waals surface area (Å²) >= 11 is 0.964. The van der Waals surface area contributed by atoms with Crippen molar-refractivity contribution >= 4 is 28.9 Å². The van der Waals surface area contributed by atoms with Crippen LogP contribution >= 0.6 is 11.3 Å². The summed E-state index contributed by atoms with van der Waals surface area (Å²) in [6.45, 7) is 3.26. The monoisotopic (exact) mass is 381 g/mol. The Balaban J connectivity index is 1.65. The van der Waals surface area contributed by atoms with E-state index in [0.717, 1.165) is 17.1 Å². The number of rotatable bonds is 6. The maximum atomic E-state index is 12.4. The van der Waals surface area contributed by atoms with Crippen LogP contribution in [0.15, 0.2) is 54.6 Å². The molecule has 1 atom stereocenters. The highest BCUT2D eigenvalue weighted by Gasteiger charge is 2.21. The number of thiazole rings is 1. The number of carbonyl (C=O) groups excluding carboxylic acids is 2. The van der Waals surface area contributed by atoms with Gasteiger partial charge in [0.1, 0.15) is 16.5 Å². The number of anilines is 1.